The first-order valence-electron chi connectivity index (χ1n) is 10.2. The SMILES string of the molecule is CN(CC1CCCN1Cc1cccc(F)c1)c1nc(N)n2nc(-c3ccco3)nc2n1. The fourth-order valence-electron chi connectivity index (χ4n) is 4.05. The van der Waals surface area contributed by atoms with Crippen LogP contribution in [0.5, 0.6) is 0 Å². The summed E-state index contributed by atoms with van der Waals surface area (Å²) in [5.74, 6) is 1.80. The van der Waals surface area contributed by atoms with E-state index in [1.54, 1.807) is 30.5 Å². The van der Waals surface area contributed by atoms with Crippen LogP contribution in [0.4, 0.5) is 16.3 Å². The zero-order chi connectivity index (χ0) is 21.4. The van der Waals surface area contributed by atoms with Crippen LogP contribution in [-0.4, -0.2) is 55.6 Å². The zero-order valence-corrected chi connectivity index (χ0v) is 17.1. The van der Waals surface area contributed by atoms with Crippen LogP contribution in [0.15, 0.2) is 47.1 Å². The lowest BCUT2D eigenvalue weighted by Crippen LogP contribution is -2.39. The van der Waals surface area contributed by atoms with Crippen LogP contribution in [0.2, 0.25) is 0 Å². The van der Waals surface area contributed by atoms with Gasteiger partial charge in [0.25, 0.3) is 5.78 Å². The summed E-state index contributed by atoms with van der Waals surface area (Å²) in [5, 5.41) is 4.33. The van der Waals surface area contributed by atoms with E-state index < -0.39 is 0 Å². The lowest BCUT2D eigenvalue weighted by molar-refractivity contribution is 0.248. The maximum absolute atomic E-state index is 13.6. The van der Waals surface area contributed by atoms with Crippen LogP contribution in [0.3, 0.4) is 0 Å². The topological polar surface area (TPSA) is 102 Å². The van der Waals surface area contributed by atoms with Gasteiger partial charge in [0.2, 0.25) is 17.7 Å². The van der Waals surface area contributed by atoms with Gasteiger partial charge < -0.3 is 15.1 Å². The Morgan fingerprint density at radius 1 is 1.23 bits per heavy atom. The molecule has 1 aliphatic rings. The Labute approximate surface area is 178 Å². The highest BCUT2D eigenvalue weighted by Crippen LogP contribution is 2.23. The van der Waals surface area contributed by atoms with Gasteiger partial charge in [-0.1, -0.05) is 12.1 Å². The van der Waals surface area contributed by atoms with Crippen molar-refractivity contribution in [3.63, 3.8) is 0 Å². The number of furan rings is 1. The highest BCUT2D eigenvalue weighted by atomic mass is 19.1. The third kappa shape index (κ3) is 3.93. The molecule has 0 saturated carbocycles. The number of fused-ring (bicyclic) bond motifs is 1. The molecule has 2 N–H and O–H groups in total. The number of nitrogens with zero attached hydrogens (tertiary/aromatic N) is 7. The number of anilines is 2. The van der Waals surface area contributed by atoms with E-state index in [2.05, 4.69) is 25.0 Å². The Balaban J connectivity index is 1.34. The summed E-state index contributed by atoms with van der Waals surface area (Å²) in [5.41, 5.74) is 7.10. The second-order valence-corrected chi connectivity index (χ2v) is 7.78. The number of likely N-dealkylation sites (N-methyl/N-ethyl adjacent to an activating group) is 1. The zero-order valence-electron chi connectivity index (χ0n) is 17.1. The van der Waals surface area contributed by atoms with Gasteiger partial charge in [0.05, 0.1) is 6.26 Å². The van der Waals surface area contributed by atoms with E-state index in [1.165, 1.54) is 10.6 Å². The van der Waals surface area contributed by atoms with E-state index in [0.717, 1.165) is 38.0 Å². The fraction of sp³-hybridized carbons (Fsp3) is 0.333. The number of aromatic nitrogens is 5. The van der Waals surface area contributed by atoms with Crippen molar-refractivity contribution in [3.8, 4) is 11.6 Å². The van der Waals surface area contributed by atoms with Gasteiger partial charge in [0.1, 0.15) is 5.82 Å². The molecule has 0 bridgehead atoms. The molecule has 0 spiro atoms. The minimum atomic E-state index is -0.204. The van der Waals surface area contributed by atoms with Gasteiger partial charge in [-0.15, -0.1) is 5.10 Å². The number of hydrogen-bond donors (Lipinski definition) is 1. The monoisotopic (exact) mass is 422 g/mol. The Morgan fingerprint density at radius 2 is 2.13 bits per heavy atom. The molecule has 0 radical (unpaired) electrons. The highest BCUT2D eigenvalue weighted by Gasteiger charge is 2.27. The number of benzene rings is 1. The van der Waals surface area contributed by atoms with Gasteiger partial charge in [-0.3, -0.25) is 4.90 Å². The molecular weight excluding hydrogens is 399 g/mol. The normalized spacial score (nSPS) is 16.9. The number of likely N-dealkylation sites (tertiary alicyclic amines) is 1. The first-order chi connectivity index (χ1) is 15.1. The first kappa shape index (κ1) is 19.4. The lowest BCUT2D eigenvalue weighted by Gasteiger charge is -2.28. The Morgan fingerprint density at radius 3 is 2.94 bits per heavy atom. The molecule has 160 valence electrons. The van der Waals surface area contributed by atoms with Crippen LogP contribution < -0.4 is 10.6 Å². The van der Waals surface area contributed by atoms with Crippen molar-refractivity contribution in [3.05, 3.63) is 54.0 Å². The molecule has 4 heterocycles. The molecule has 1 aliphatic heterocycles. The molecule has 0 aliphatic carbocycles. The Kier molecular flexibility index (Phi) is 4.99. The molecule has 5 rings (SSSR count). The molecule has 4 aromatic rings. The van der Waals surface area contributed by atoms with Crippen molar-refractivity contribution in [1.82, 2.24) is 29.5 Å². The van der Waals surface area contributed by atoms with Gasteiger partial charge in [-0.05, 0) is 49.2 Å². The molecule has 1 aromatic carbocycles. The summed E-state index contributed by atoms with van der Waals surface area (Å²) in [4.78, 5) is 17.7. The first-order valence-corrected chi connectivity index (χ1v) is 10.2. The van der Waals surface area contributed by atoms with Crippen LogP contribution in [0, 0.1) is 5.82 Å². The van der Waals surface area contributed by atoms with E-state index in [9.17, 15) is 4.39 Å². The third-order valence-electron chi connectivity index (χ3n) is 5.56. The lowest BCUT2D eigenvalue weighted by atomic mass is 10.1. The predicted molar refractivity (Wildman–Crippen MR) is 114 cm³/mol. The summed E-state index contributed by atoms with van der Waals surface area (Å²) in [6.45, 7) is 2.42. The molecule has 1 fully saturated rings. The molecular formula is C21H23FN8O. The number of nitrogens with two attached hydrogens (primary N) is 1. The number of nitrogen functional groups attached to an aromatic ring is 1. The van der Waals surface area contributed by atoms with Crippen LogP contribution in [0.1, 0.15) is 18.4 Å². The molecule has 0 amide bonds. The van der Waals surface area contributed by atoms with Crippen molar-refractivity contribution in [2.24, 2.45) is 0 Å². The summed E-state index contributed by atoms with van der Waals surface area (Å²) >= 11 is 0. The van der Waals surface area contributed by atoms with Crippen molar-refractivity contribution in [2.75, 3.05) is 30.8 Å². The smallest absolute Gasteiger partial charge is 0.259 e. The van der Waals surface area contributed by atoms with Crippen molar-refractivity contribution >= 4 is 17.7 Å². The minimum Gasteiger partial charge on any atom is -0.461 e. The van der Waals surface area contributed by atoms with Crippen molar-refractivity contribution < 1.29 is 8.81 Å². The molecule has 9 nitrogen and oxygen atoms in total. The van der Waals surface area contributed by atoms with Gasteiger partial charge in [-0.2, -0.15) is 19.5 Å². The number of halogens is 1. The number of rotatable bonds is 6. The van der Waals surface area contributed by atoms with Gasteiger partial charge in [0.15, 0.2) is 5.76 Å². The highest BCUT2D eigenvalue weighted by molar-refractivity contribution is 5.53. The summed E-state index contributed by atoms with van der Waals surface area (Å²) in [7, 11) is 1.94. The molecule has 31 heavy (non-hydrogen) atoms. The van der Waals surface area contributed by atoms with Crippen LogP contribution in [0.25, 0.3) is 17.4 Å². The summed E-state index contributed by atoms with van der Waals surface area (Å²) in [6.07, 6.45) is 3.73. The van der Waals surface area contributed by atoms with E-state index in [4.69, 9.17) is 10.2 Å². The largest absolute Gasteiger partial charge is 0.461 e. The molecule has 1 saturated heterocycles. The van der Waals surface area contributed by atoms with E-state index in [1.807, 2.05) is 18.0 Å². The quantitative estimate of drug-likeness (QED) is 0.506. The predicted octanol–water partition coefficient (Wildman–Crippen LogP) is 2.60. The van der Waals surface area contributed by atoms with E-state index in [0.29, 0.717) is 29.4 Å². The maximum atomic E-state index is 13.6. The molecule has 1 unspecified atom stereocenters. The average Bonchev–Trinajstić information content (AvgIpc) is 3.49. The maximum Gasteiger partial charge on any atom is 0.259 e. The number of hydrogen-bond acceptors (Lipinski definition) is 8. The molecule has 1 atom stereocenters. The van der Waals surface area contributed by atoms with Gasteiger partial charge >= 0.3 is 0 Å². The second kappa shape index (κ2) is 7.95. The van der Waals surface area contributed by atoms with Crippen molar-refractivity contribution in [1.29, 1.82) is 0 Å². The average molecular weight is 422 g/mol. The van der Waals surface area contributed by atoms with Gasteiger partial charge in [0, 0.05) is 26.2 Å². The second-order valence-electron chi connectivity index (χ2n) is 7.78. The standard InChI is InChI=1S/C21H23FN8O/c1-28(13-16-7-3-9-29(16)12-14-5-2-6-15(22)11-14)20-25-19(23)30-21(26-20)24-18(27-30)17-8-4-10-31-17/h2,4-6,8,10-11,16H,3,7,9,12-13H2,1H3,(H2,23,24,25,26,27). The van der Waals surface area contributed by atoms with E-state index in [-0.39, 0.29) is 11.8 Å². The van der Waals surface area contributed by atoms with E-state index >= 15 is 0 Å². The Hall–Kier alpha value is -3.53. The van der Waals surface area contributed by atoms with Crippen LogP contribution in [-0.2, 0) is 6.54 Å². The Bertz CT molecular complexity index is 1190. The molecule has 3 aromatic heterocycles. The third-order valence-corrected chi connectivity index (χ3v) is 5.56. The van der Waals surface area contributed by atoms with Crippen molar-refractivity contribution in [2.45, 2.75) is 25.4 Å². The van der Waals surface area contributed by atoms with Crippen LogP contribution >= 0.6 is 0 Å². The summed E-state index contributed by atoms with van der Waals surface area (Å²) < 4.78 is 20.3. The molecule has 10 heteroatoms. The fourth-order valence-corrected chi connectivity index (χ4v) is 4.05. The van der Waals surface area contributed by atoms with Gasteiger partial charge in [-0.25, -0.2) is 4.39 Å². The minimum absolute atomic E-state index is 0.204. The summed E-state index contributed by atoms with van der Waals surface area (Å²) in [6, 6.07) is 10.6.